The van der Waals surface area contributed by atoms with Gasteiger partial charge in [0, 0.05) is 30.3 Å². The quantitative estimate of drug-likeness (QED) is 0.832. The third-order valence-corrected chi connectivity index (χ3v) is 6.26. The molecule has 0 aromatic heterocycles. The van der Waals surface area contributed by atoms with Crippen LogP contribution in [0.1, 0.15) is 43.2 Å². The van der Waals surface area contributed by atoms with Crippen LogP contribution < -0.4 is 14.8 Å². The van der Waals surface area contributed by atoms with Gasteiger partial charge in [0.25, 0.3) is 0 Å². The van der Waals surface area contributed by atoms with Crippen LogP contribution in [0.3, 0.4) is 0 Å². The van der Waals surface area contributed by atoms with E-state index in [0.29, 0.717) is 18.1 Å². The van der Waals surface area contributed by atoms with Crippen LogP contribution in [0.2, 0.25) is 0 Å². The smallest absolute Gasteiger partial charge is 0.161 e. The molecule has 3 aliphatic rings. The Labute approximate surface area is 149 Å². The van der Waals surface area contributed by atoms with E-state index in [0.717, 1.165) is 41.8 Å². The summed E-state index contributed by atoms with van der Waals surface area (Å²) in [5.74, 6) is 4.00. The highest BCUT2D eigenvalue weighted by molar-refractivity contribution is 5.97. The normalized spacial score (nSPS) is 28.6. The van der Waals surface area contributed by atoms with Gasteiger partial charge < -0.3 is 14.8 Å². The van der Waals surface area contributed by atoms with Gasteiger partial charge in [-0.25, -0.2) is 0 Å². The van der Waals surface area contributed by atoms with E-state index in [2.05, 4.69) is 5.32 Å². The molecule has 0 spiro atoms. The number of benzene rings is 1. The van der Waals surface area contributed by atoms with E-state index in [1.165, 1.54) is 31.2 Å². The SMILES string of the molecule is COc1cc2c(cc1OC)/C(=C/C(=O)CC1CC3CCC1C3)NCC2. The number of hydrogen-bond acceptors (Lipinski definition) is 4. The molecule has 134 valence electrons. The van der Waals surface area contributed by atoms with Gasteiger partial charge in [-0.1, -0.05) is 6.42 Å². The van der Waals surface area contributed by atoms with E-state index in [1.807, 2.05) is 18.2 Å². The lowest BCUT2D eigenvalue weighted by Gasteiger charge is -2.24. The number of methoxy groups -OCH3 is 2. The fraction of sp³-hybridized carbons (Fsp3) is 0.571. The van der Waals surface area contributed by atoms with E-state index in [9.17, 15) is 4.79 Å². The van der Waals surface area contributed by atoms with Crippen molar-refractivity contribution in [2.45, 2.75) is 38.5 Å². The van der Waals surface area contributed by atoms with Crippen molar-refractivity contribution in [1.29, 1.82) is 0 Å². The van der Waals surface area contributed by atoms with Crippen molar-refractivity contribution in [3.63, 3.8) is 0 Å². The minimum absolute atomic E-state index is 0.252. The summed E-state index contributed by atoms with van der Waals surface area (Å²) < 4.78 is 10.8. The Kier molecular flexibility index (Phi) is 4.45. The maximum absolute atomic E-state index is 12.7. The molecule has 2 bridgehead atoms. The Balaban J connectivity index is 1.55. The average molecular weight is 341 g/mol. The van der Waals surface area contributed by atoms with Crippen molar-refractivity contribution in [3.8, 4) is 11.5 Å². The summed E-state index contributed by atoms with van der Waals surface area (Å²) in [6.45, 7) is 0.843. The number of allylic oxidation sites excluding steroid dienone is 1. The third kappa shape index (κ3) is 3.14. The molecule has 4 rings (SSSR count). The molecule has 2 saturated carbocycles. The number of nitrogens with one attached hydrogen (secondary N) is 1. The standard InChI is InChI=1S/C21H27NO3/c1-24-20-10-15-5-6-22-19(18(15)12-21(20)25-2)11-17(23)9-16-8-13-3-4-14(16)7-13/h10-14,16,22H,3-9H2,1-2H3/b19-11-. The Morgan fingerprint density at radius 2 is 2.00 bits per heavy atom. The number of ketones is 1. The molecule has 3 atom stereocenters. The first kappa shape index (κ1) is 16.5. The fourth-order valence-electron chi connectivity index (χ4n) is 5.04. The van der Waals surface area contributed by atoms with Crippen LogP contribution in [0.15, 0.2) is 18.2 Å². The number of carbonyl (C=O) groups excluding carboxylic acids is 1. The number of fused-ring (bicyclic) bond motifs is 3. The third-order valence-electron chi connectivity index (χ3n) is 6.26. The largest absolute Gasteiger partial charge is 0.493 e. The maximum atomic E-state index is 12.7. The molecule has 2 fully saturated rings. The van der Waals surface area contributed by atoms with Crippen molar-refractivity contribution in [1.82, 2.24) is 5.32 Å². The number of hydrogen-bond donors (Lipinski definition) is 1. The summed E-state index contributed by atoms with van der Waals surface area (Å²) in [5.41, 5.74) is 3.19. The summed E-state index contributed by atoms with van der Waals surface area (Å²) in [7, 11) is 3.30. The van der Waals surface area contributed by atoms with Gasteiger partial charge in [-0.3, -0.25) is 4.79 Å². The highest BCUT2D eigenvalue weighted by Gasteiger charge is 2.39. The Morgan fingerprint density at radius 3 is 2.68 bits per heavy atom. The van der Waals surface area contributed by atoms with Gasteiger partial charge in [0.1, 0.15) is 0 Å². The lowest BCUT2D eigenvalue weighted by atomic mass is 9.85. The predicted molar refractivity (Wildman–Crippen MR) is 97.8 cm³/mol. The molecule has 0 radical (unpaired) electrons. The summed E-state index contributed by atoms with van der Waals surface area (Å²) in [6, 6.07) is 4.01. The maximum Gasteiger partial charge on any atom is 0.161 e. The topological polar surface area (TPSA) is 47.6 Å². The zero-order chi connectivity index (χ0) is 17.4. The summed E-state index contributed by atoms with van der Waals surface area (Å²) >= 11 is 0. The van der Waals surface area contributed by atoms with E-state index in [-0.39, 0.29) is 5.78 Å². The van der Waals surface area contributed by atoms with E-state index in [4.69, 9.17) is 9.47 Å². The zero-order valence-corrected chi connectivity index (χ0v) is 15.1. The van der Waals surface area contributed by atoms with Crippen LogP contribution >= 0.6 is 0 Å². The van der Waals surface area contributed by atoms with Gasteiger partial charge in [-0.05, 0) is 61.1 Å². The fourth-order valence-corrected chi connectivity index (χ4v) is 5.04. The van der Waals surface area contributed by atoms with Crippen molar-refractivity contribution in [3.05, 3.63) is 29.3 Å². The molecule has 1 heterocycles. The Morgan fingerprint density at radius 1 is 1.20 bits per heavy atom. The number of ether oxygens (including phenoxy) is 2. The molecular formula is C21H27NO3. The first-order chi connectivity index (χ1) is 12.2. The van der Waals surface area contributed by atoms with E-state index in [1.54, 1.807) is 14.2 Å². The monoisotopic (exact) mass is 341 g/mol. The van der Waals surface area contributed by atoms with Crippen molar-refractivity contribution in [2.75, 3.05) is 20.8 Å². The van der Waals surface area contributed by atoms with E-state index >= 15 is 0 Å². The molecule has 4 nitrogen and oxygen atoms in total. The summed E-state index contributed by atoms with van der Waals surface area (Å²) in [6.07, 6.45) is 8.77. The second-order valence-corrected chi connectivity index (χ2v) is 7.70. The minimum atomic E-state index is 0.252. The summed E-state index contributed by atoms with van der Waals surface area (Å²) in [5, 5.41) is 3.40. The van der Waals surface area contributed by atoms with Crippen LogP contribution in [-0.4, -0.2) is 26.5 Å². The summed E-state index contributed by atoms with van der Waals surface area (Å²) in [4.78, 5) is 12.7. The number of rotatable bonds is 5. The molecule has 4 heteroatoms. The zero-order valence-electron chi connectivity index (χ0n) is 15.1. The average Bonchev–Trinajstić information content (AvgIpc) is 3.23. The number of carbonyl (C=O) groups is 1. The molecule has 1 aliphatic heterocycles. The van der Waals surface area contributed by atoms with Crippen molar-refractivity contribution < 1.29 is 14.3 Å². The van der Waals surface area contributed by atoms with Gasteiger partial charge in [0.05, 0.1) is 14.2 Å². The lowest BCUT2D eigenvalue weighted by Crippen LogP contribution is -2.24. The molecule has 3 unspecified atom stereocenters. The van der Waals surface area contributed by atoms with E-state index < -0.39 is 0 Å². The minimum Gasteiger partial charge on any atom is -0.493 e. The first-order valence-electron chi connectivity index (χ1n) is 9.41. The molecular weight excluding hydrogens is 314 g/mol. The highest BCUT2D eigenvalue weighted by Crippen LogP contribution is 2.49. The Hall–Kier alpha value is -1.97. The molecule has 25 heavy (non-hydrogen) atoms. The lowest BCUT2D eigenvalue weighted by molar-refractivity contribution is -0.115. The predicted octanol–water partition coefficient (Wildman–Crippen LogP) is 3.59. The van der Waals surface area contributed by atoms with Gasteiger partial charge >= 0.3 is 0 Å². The van der Waals surface area contributed by atoms with Gasteiger partial charge in [0.15, 0.2) is 17.3 Å². The molecule has 0 amide bonds. The molecule has 1 aromatic carbocycles. The highest BCUT2D eigenvalue weighted by atomic mass is 16.5. The molecule has 1 aromatic rings. The van der Waals surface area contributed by atoms with Crippen LogP contribution in [-0.2, 0) is 11.2 Å². The second-order valence-electron chi connectivity index (χ2n) is 7.70. The van der Waals surface area contributed by atoms with Gasteiger partial charge in [-0.15, -0.1) is 0 Å². The van der Waals surface area contributed by atoms with Crippen molar-refractivity contribution in [2.24, 2.45) is 17.8 Å². The van der Waals surface area contributed by atoms with Crippen LogP contribution in [0, 0.1) is 17.8 Å². The Bertz CT molecular complexity index is 709. The molecule has 0 saturated heterocycles. The van der Waals surface area contributed by atoms with Crippen molar-refractivity contribution >= 4 is 11.5 Å². The molecule has 1 N–H and O–H groups in total. The van der Waals surface area contributed by atoms with Gasteiger partial charge in [0.2, 0.25) is 0 Å². The van der Waals surface area contributed by atoms with Crippen LogP contribution in [0.5, 0.6) is 11.5 Å². The van der Waals surface area contributed by atoms with Crippen LogP contribution in [0.25, 0.3) is 5.70 Å². The van der Waals surface area contributed by atoms with Crippen LogP contribution in [0.4, 0.5) is 0 Å². The first-order valence-corrected chi connectivity index (χ1v) is 9.41. The second kappa shape index (κ2) is 6.74. The molecule has 2 aliphatic carbocycles. The van der Waals surface area contributed by atoms with Gasteiger partial charge in [-0.2, -0.15) is 0 Å².